The maximum atomic E-state index is 6.40. The van der Waals surface area contributed by atoms with E-state index >= 15 is 0 Å². The van der Waals surface area contributed by atoms with Crippen LogP contribution in [0.4, 0.5) is 0 Å². The van der Waals surface area contributed by atoms with Crippen LogP contribution in [0.3, 0.4) is 0 Å². The molecule has 0 spiro atoms. The third kappa shape index (κ3) is 3.43. The molecule has 0 radical (unpaired) electrons. The summed E-state index contributed by atoms with van der Waals surface area (Å²) in [6, 6.07) is 50.8. The first-order valence-electron chi connectivity index (χ1n) is 15.1. The fraction of sp³-hybridized carbons (Fsp3) is 0. The molecule has 0 unspecified atom stereocenters. The van der Waals surface area contributed by atoms with Crippen LogP contribution in [0.5, 0.6) is 0 Å². The van der Waals surface area contributed by atoms with Crippen LogP contribution in [0.15, 0.2) is 150 Å². The number of nitrogens with zero attached hydrogens (tertiary/aromatic N) is 4. The molecule has 10 rings (SSSR count). The fourth-order valence-electron chi connectivity index (χ4n) is 7.02. The molecule has 0 aliphatic carbocycles. The van der Waals surface area contributed by atoms with Crippen LogP contribution in [-0.2, 0) is 0 Å². The topological polar surface area (TPSA) is 48.8 Å². The van der Waals surface area contributed by atoms with Gasteiger partial charge in [0.2, 0.25) is 11.7 Å². The minimum Gasteiger partial charge on any atom is -0.437 e. The summed E-state index contributed by atoms with van der Waals surface area (Å²) in [7, 11) is 0. The lowest BCUT2D eigenvalue weighted by atomic mass is 10.1. The second-order valence-corrected chi connectivity index (χ2v) is 11.4. The van der Waals surface area contributed by atoms with E-state index in [1.54, 1.807) is 0 Å². The highest BCUT2D eigenvalue weighted by Crippen LogP contribution is 2.41. The number of benzene rings is 6. The smallest absolute Gasteiger partial charge is 0.238 e. The van der Waals surface area contributed by atoms with Crippen LogP contribution in [-0.4, -0.2) is 19.1 Å². The molecule has 6 aromatic carbocycles. The Labute approximate surface area is 257 Å². The predicted octanol–water partition coefficient (Wildman–Crippen LogP) is 10.2. The molecule has 5 heteroatoms. The van der Waals surface area contributed by atoms with Gasteiger partial charge in [-0.1, -0.05) is 103 Å². The summed E-state index contributed by atoms with van der Waals surface area (Å²) in [5.74, 6) is 0.577. The SMILES string of the molecule is c1ccc(-c2nc(-n3c4ccccc4c4cc5c6ccccc6n(-c6ccccc6)c5cc43)nc3oc4ccccc4c23)cc1. The van der Waals surface area contributed by atoms with Crippen LogP contribution in [0.1, 0.15) is 0 Å². The molecule has 10 aromatic rings. The number of hydrogen-bond acceptors (Lipinski definition) is 3. The minimum absolute atomic E-state index is 0.575. The standard InChI is InChI=1S/C40H24N4O/c1-3-13-25(14-4-1)38-37-29-19-9-12-22-36(29)45-39(37)42-40(41-38)44-33-21-11-8-18-28(33)31-23-30-27-17-7-10-20-32(27)43(34(30)24-35(31)44)26-15-5-2-6-16-26/h1-24H. The van der Waals surface area contributed by atoms with Crippen molar-refractivity contribution in [2.24, 2.45) is 0 Å². The van der Waals surface area contributed by atoms with Gasteiger partial charge in [0.1, 0.15) is 5.58 Å². The van der Waals surface area contributed by atoms with Crippen molar-refractivity contribution in [3.63, 3.8) is 0 Å². The summed E-state index contributed by atoms with van der Waals surface area (Å²) in [5, 5.41) is 6.68. The first-order chi connectivity index (χ1) is 22.3. The Balaban J connectivity index is 1.36. The first kappa shape index (κ1) is 24.3. The Kier molecular flexibility index (Phi) is 4.93. The molecule has 0 fully saturated rings. The molecular weight excluding hydrogens is 552 g/mol. The van der Waals surface area contributed by atoms with Gasteiger partial charge in [0, 0.05) is 38.2 Å². The van der Waals surface area contributed by atoms with Crippen LogP contribution < -0.4 is 0 Å². The third-order valence-corrected chi connectivity index (χ3v) is 8.95. The van der Waals surface area contributed by atoms with Crippen molar-refractivity contribution in [3.8, 4) is 22.9 Å². The van der Waals surface area contributed by atoms with Crippen LogP contribution in [0.25, 0.3) is 88.6 Å². The van der Waals surface area contributed by atoms with Gasteiger partial charge in [-0.3, -0.25) is 4.57 Å². The zero-order chi connectivity index (χ0) is 29.5. The van der Waals surface area contributed by atoms with Crippen LogP contribution in [0, 0.1) is 0 Å². The van der Waals surface area contributed by atoms with Crippen molar-refractivity contribution in [1.29, 1.82) is 0 Å². The number of furan rings is 1. The maximum absolute atomic E-state index is 6.40. The monoisotopic (exact) mass is 576 g/mol. The molecule has 0 bridgehead atoms. The Hall–Kier alpha value is -6.20. The molecular formula is C40H24N4O. The van der Waals surface area contributed by atoms with E-state index in [9.17, 15) is 0 Å². The number of para-hydroxylation sites is 4. The lowest BCUT2D eigenvalue weighted by molar-refractivity contribution is 0.651. The molecule has 5 nitrogen and oxygen atoms in total. The molecule has 0 N–H and O–H groups in total. The molecule has 0 atom stereocenters. The van der Waals surface area contributed by atoms with E-state index in [0.717, 1.165) is 60.6 Å². The number of hydrogen-bond donors (Lipinski definition) is 0. The second kappa shape index (κ2) is 9.15. The summed E-state index contributed by atoms with van der Waals surface area (Å²) < 4.78 is 10.9. The number of aromatic nitrogens is 4. The normalized spacial score (nSPS) is 12.0. The van der Waals surface area contributed by atoms with E-state index in [1.165, 1.54) is 16.3 Å². The molecule has 45 heavy (non-hydrogen) atoms. The van der Waals surface area contributed by atoms with Gasteiger partial charge in [-0.2, -0.15) is 4.98 Å². The lowest BCUT2D eigenvalue weighted by Crippen LogP contribution is -2.03. The molecule has 4 aromatic heterocycles. The Morgan fingerprint density at radius 2 is 1.02 bits per heavy atom. The number of fused-ring (bicyclic) bond motifs is 9. The van der Waals surface area contributed by atoms with Crippen molar-refractivity contribution in [3.05, 3.63) is 146 Å². The van der Waals surface area contributed by atoms with E-state index in [4.69, 9.17) is 14.4 Å². The quantitative estimate of drug-likeness (QED) is 0.210. The molecule has 210 valence electrons. The Morgan fingerprint density at radius 3 is 1.76 bits per heavy atom. The van der Waals surface area contributed by atoms with E-state index in [-0.39, 0.29) is 0 Å². The van der Waals surface area contributed by atoms with E-state index in [2.05, 4.69) is 118 Å². The van der Waals surface area contributed by atoms with Gasteiger partial charge < -0.3 is 8.98 Å². The predicted molar refractivity (Wildman–Crippen MR) is 183 cm³/mol. The third-order valence-electron chi connectivity index (χ3n) is 8.95. The van der Waals surface area contributed by atoms with E-state index in [1.807, 2.05) is 36.4 Å². The molecule has 0 amide bonds. The van der Waals surface area contributed by atoms with Gasteiger partial charge in [0.05, 0.1) is 33.1 Å². The van der Waals surface area contributed by atoms with Gasteiger partial charge in [0.25, 0.3) is 0 Å². The summed E-state index contributed by atoms with van der Waals surface area (Å²) in [5.41, 5.74) is 8.76. The van der Waals surface area contributed by atoms with Crippen molar-refractivity contribution in [2.45, 2.75) is 0 Å². The summed E-state index contributed by atoms with van der Waals surface area (Å²) in [6.07, 6.45) is 0. The average molecular weight is 577 g/mol. The molecule has 4 heterocycles. The summed E-state index contributed by atoms with van der Waals surface area (Å²) in [6.45, 7) is 0. The summed E-state index contributed by atoms with van der Waals surface area (Å²) in [4.78, 5) is 10.4. The van der Waals surface area contributed by atoms with E-state index < -0.39 is 0 Å². The molecule has 0 aliphatic rings. The lowest BCUT2D eigenvalue weighted by Gasteiger charge is -2.10. The van der Waals surface area contributed by atoms with Crippen molar-refractivity contribution in [1.82, 2.24) is 19.1 Å². The molecule has 0 aliphatic heterocycles. The highest BCUT2D eigenvalue weighted by atomic mass is 16.3. The van der Waals surface area contributed by atoms with Crippen molar-refractivity contribution >= 4 is 65.7 Å². The average Bonchev–Trinajstić information content (AvgIpc) is 3.75. The van der Waals surface area contributed by atoms with Gasteiger partial charge >= 0.3 is 0 Å². The first-order valence-corrected chi connectivity index (χ1v) is 15.1. The van der Waals surface area contributed by atoms with Crippen LogP contribution in [0.2, 0.25) is 0 Å². The Bertz CT molecular complexity index is 2750. The molecule has 0 saturated heterocycles. The highest BCUT2D eigenvalue weighted by molar-refractivity contribution is 6.19. The summed E-state index contributed by atoms with van der Waals surface area (Å²) >= 11 is 0. The zero-order valence-electron chi connectivity index (χ0n) is 24.1. The Morgan fingerprint density at radius 1 is 0.444 bits per heavy atom. The molecule has 0 saturated carbocycles. The van der Waals surface area contributed by atoms with Crippen molar-refractivity contribution < 1.29 is 4.42 Å². The minimum atomic E-state index is 0.575. The van der Waals surface area contributed by atoms with Gasteiger partial charge in [-0.25, -0.2) is 4.98 Å². The van der Waals surface area contributed by atoms with E-state index in [0.29, 0.717) is 11.7 Å². The van der Waals surface area contributed by atoms with Crippen LogP contribution >= 0.6 is 0 Å². The highest BCUT2D eigenvalue weighted by Gasteiger charge is 2.22. The largest absolute Gasteiger partial charge is 0.437 e. The fourth-order valence-corrected chi connectivity index (χ4v) is 7.02. The van der Waals surface area contributed by atoms with Gasteiger partial charge in [-0.15, -0.1) is 0 Å². The maximum Gasteiger partial charge on any atom is 0.238 e. The number of rotatable bonds is 3. The van der Waals surface area contributed by atoms with Crippen molar-refractivity contribution in [2.75, 3.05) is 0 Å². The van der Waals surface area contributed by atoms with Gasteiger partial charge in [-0.05, 0) is 42.5 Å². The zero-order valence-corrected chi connectivity index (χ0v) is 24.1. The van der Waals surface area contributed by atoms with Gasteiger partial charge in [0.15, 0.2) is 0 Å². The second-order valence-electron chi connectivity index (χ2n) is 11.4.